The van der Waals surface area contributed by atoms with Crippen molar-refractivity contribution in [3.8, 4) is 17.2 Å². The highest BCUT2D eigenvalue weighted by Crippen LogP contribution is 2.25. The molecule has 0 aromatic heterocycles. The van der Waals surface area contributed by atoms with Crippen LogP contribution in [0.2, 0.25) is 0 Å². The third kappa shape index (κ3) is 6.99. The number of anilines is 1. The monoisotopic (exact) mass is 375 g/mol. The first-order chi connectivity index (χ1) is 12.8. The molecular formula is C19H21NO7. The van der Waals surface area contributed by atoms with Crippen LogP contribution < -0.4 is 19.9 Å². The van der Waals surface area contributed by atoms with Crippen molar-refractivity contribution in [3.63, 3.8) is 0 Å². The van der Waals surface area contributed by atoms with Crippen molar-refractivity contribution in [2.24, 2.45) is 0 Å². The van der Waals surface area contributed by atoms with Gasteiger partial charge in [-0.25, -0.2) is 9.59 Å². The minimum absolute atomic E-state index is 0.614. The Morgan fingerprint density at radius 1 is 0.815 bits per heavy atom. The van der Waals surface area contributed by atoms with Gasteiger partial charge in [-0.1, -0.05) is 18.2 Å². The van der Waals surface area contributed by atoms with Crippen LogP contribution >= 0.6 is 0 Å². The average Bonchev–Trinajstić information content (AvgIpc) is 2.66. The first-order valence-corrected chi connectivity index (χ1v) is 7.61. The SMILES string of the molecule is COc1cc(/C=C\c2ccc(OC)c(N)c2)cc(OC)c1.O=C(O)C(=O)O. The number of benzene rings is 2. The van der Waals surface area contributed by atoms with Gasteiger partial charge < -0.3 is 30.2 Å². The van der Waals surface area contributed by atoms with Gasteiger partial charge in [-0.15, -0.1) is 0 Å². The first-order valence-electron chi connectivity index (χ1n) is 7.61. The van der Waals surface area contributed by atoms with E-state index in [1.54, 1.807) is 21.3 Å². The maximum Gasteiger partial charge on any atom is 0.414 e. The van der Waals surface area contributed by atoms with Crippen molar-refractivity contribution in [3.05, 3.63) is 47.5 Å². The number of hydrogen-bond acceptors (Lipinski definition) is 6. The minimum atomic E-state index is -1.82. The minimum Gasteiger partial charge on any atom is -0.497 e. The van der Waals surface area contributed by atoms with Crippen molar-refractivity contribution < 1.29 is 34.0 Å². The topological polar surface area (TPSA) is 128 Å². The highest BCUT2D eigenvalue weighted by molar-refractivity contribution is 6.27. The largest absolute Gasteiger partial charge is 0.497 e. The van der Waals surface area contributed by atoms with Crippen LogP contribution in [0.25, 0.3) is 12.2 Å². The van der Waals surface area contributed by atoms with E-state index in [9.17, 15) is 0 Å². The Kier molecular flexibility index (Phi) is 8.18. The van der Waals surface area contributed by atoms with Crippen molar-refractivity contribution in [2.45, 2.75) is 0 Å². The molecule has 0 unspecified atom stereocenters. The quantitative estimate of drug-likeness (QED) is 0.413. The molecule has 8 nitrogen and oxygen atoms in total. The molecule has 0 aliphatic rings. The van der Waals surface area contributed by atoms with Gasteiger partial charge in [0.15, 0.2) is 0 Å². The number of hydrogen-bond donors (Lipinski definition) is 3. The molecule has 0 spiro atoms. The molecule has 8 heteroatoms. The second kappa shape index (κ2) is 10.3. The normalized spacial score (nSPS) is 9.89. The van der Waals surface area contributed by atoms with Crippen molar-refractivity contribution >= 4 is 29.8 Å². The Morgan fingerprint density at radius 3 is 1.74 bits per heavy atom. The molecule has 2 rings (SSSR count). The summed E-state index contributed by atoms with van der Waals surface area (Å²) in [6.07, 6.45) is 3.95. The van der Waals surface area contributed by atoms with Gasteiger partial charge in [0.1, 0.15) is 17.2 Å². The fourth-order valence-corrected chi connectivity index (χ4v) is 1.97. The van der Waals surface area contributed by atoms with E-state index in [0.29, 0.717) is 11.4 Å². The van der Waals surface area contributed by atoms with E-state index in [2.05, 4.69) is 0 Å². The summed E-state index contributed by atoms with van der Waals surface area (Å²) in [6, 6.07) is 11.4. The maximum absolute atomic E-state index is 9.10. The molecule has 2 aromatic carbocycles. The zero-order chi connectivity index (χ0) is 20.4. The molecule has 4 N–H and O–H groups in total. The van der Waals surface area contributed by atoms with Gasteiger partial charge in [-0.2, -0.15) is 0 Å². The Morgan fingerprint density at radius 2 is 1.33 bits per heavy atom. The second-order valence-electron chi connectivity index (χ2n) is 5.09. The van der Waals surface area contributed by atoms with E-state index in [1.807, 2.05) is 48.6 Å². The van der Waals surface area contributed by atoms with E-state index in [-0.39, 0.29) is 0 Å². The number of nitrogens with two attached hydrogens (primary N) is 1. The molecule has 0 heterocycles. The van der Waals surface area contributed by atoms with Crippen molar-refractivity contribution in [2.75, 3.05) is 27.1 Å². The number of carboxylic acids is 2. The third-order valence-electron chi connectivity index (χ3n) is 3.28. The number of carboxylic acid groups (broad SMARTS) is 2. The number of nitrogen functional groups attached to an aromatic ring is 1. The van der Waals surface area contributed by atoms with E-state index in [1.165, 1.54) is 0 Å². The predicted molar refractivity (Wildman–Crippen MR) is 101 cm³/mol. The highest BCUT2D eigenvalue weighted by atomic mass is 16.5. The van der Waals surface area contributed by atoms with Gasteiger partial charge in [0.05, 0.1) is 27.0 Å². The lowest BCUT2D eigenvalue weighted by atomic mass is 10.1. The summed E-state index contributed by atoms with van der Waals surface area (Å²) < 4.78 is 15.6. The van der Waals surface area contributed by atoms with Crippen molar-refractivity contribution in [1.29, 1.82) is 0 Å². The van der Waals surface area contributed by atoms with Crippen LogP contribution in [0.1, 0.15) is 11.1 Å². The summed E-state index contributed by atoms with van der Waals surface area (Å²) in [5, 5.41) is 14.8. The lowest BCUT2D eigenvalue weighted by molar-refractivity contribution is -0.159. The zero-order valence-corrected chi connectivity index (χ0v) is 15.1. The molecule has 0 saturated heterocycles. The molecule has 0 radical (unpaired) electrons. The fraction of sp³-hybridized carbons (Fsp3) is 0.158. The second-order valence-corrected chi connectivity index (χ2v) is 5.09. The Hall–Kier alpha value is -3.68. The van der Waals surface area contributed by atoms with Gasteiger partial charge in [-0.3, -0.25) is 0 Å². The van der Waals surface area contributed by atoms with Crippen LogP contribution in [0, 0.1) is 0 Å². The molecular weight excluding hydrogens is 354 g/mol. The first kappa shape index (κ1) is 21.4. The molecule has 0 bridgehead atoms. The zero-order valence-electron chi connectivity index (χ0n) is 15.1. The van der Waals surface area contributed by atoms with Crippen LogP contribution in [0.5, 0.6) is 17.2 Å². The van der Waals surface area contributed by atoms with E-state index in [4.69, 9.17) is 39.7 Å². The van der Waals surface area contributed by atoms with Crippen LogP contribution in [0.15, 0.2) is 36.4 Å². The molecule has 0 fully saturated rings. The molecule has 0 atom stereocenters. The Bertz CT molecular complexity index is 797. The van der Waals surface area contributed by atoms with Crippen LogP contribution in [-0.2, 0) is 9.59 Å². The van der Waals surface area contributed by atoms with Crippen LogP contribution in [0.3, 0.4) is 0 Å². The molecule has 0 aliphatic heterocycles. The van der Waals surface area contributed by atoms with Gasteiger partial charge in [0, 0.05) is 6.07 Å². The number of rotatable bonds is 5. The van der Waals surface area contributed by atoms with Gasteiger partial charge in [-0.05, 0) is 35.4 Å². The number of carbonyl (C=O) groups is 2. The van der Waals surface area contributed by atoms with E-state index < -0.39 is 11.9 Å². The summed E-state index contributed by atoms with van der Waals surface area (Å²) in [5.74, 6) is -1.47. The number of aliphatic carboxylic acids is 2. The number of ether oxygens (including phenoxy) is 3. The molecule has 144 valence electrons. The lowest BCUT2D eigenvalue weighted by Crippen LogP contribution is -2.09. The summed E-state index contributed by atoms with van der Waals surface area (Å²) in [7, 11) is 4.86. The maximum atomic E-state index is 9.10. The summed E-state index contributed by atoms with van der Waals surface area (Å²) in [5.41, 5.74) is 8.49. The Labute approximate surface area is 156 Å². The van der Waals surface area contributed by atoms with Crippen molar-refractivity contribution in [1.82, 2.24) is 0 Å². The van der Waals surface area contributed by atoms with Gasteiger partial charge in [0.2, 0.25) is 0 Å². The molecule has 2 aromatic rings. The summed E-state index contributed by atoms with van der Waals surface area (Å²) >= 11 is 0. The number of methoxy groups -OCH3 is 3. The fourth-order valence-electron chi connectivity index (χ4n) is 1.97. The molecule has 0 aliphatic carbocycles. The summed E-state index contributed by atoms with van der Waals surface area (Å²) in [6.45, 7) is 0. The predicted octanol–water partition coefficient (Wildman–Crippen LogP) is 2.62. The summed E-state index contributed by atoms with van der Waals surface area (Å²) in [4.78, 5) is 18.2. The smallest absolute Gasteiger partial charge is 0.414 e. The third-order valence-corrected chi connectivity index (χ3v) is 3.28. The molecule has 0 amide bonds. The van der Waals surface area contributed by atoms with E-state index in [0.717, 1.165) is 22.6 Å². The van der Waals surface area contributed by atoms with E-state index >= 15 is 0 Å². The lowest BCUT2D eigenvalue weighted by Gasteiger charge is -2.06. The highest BCUT2D eigenvalue weighted by Gasteiger charge is 2.04. The van der Waals surface area contributed by atoms with Gasteiger partial charge >= 0.3 is 11.9 Å². The van der Waals surface area contributed by atoms with Crippen LogP contribution in [-0.4, -0.2) is 43.5 Å². The molecule has 27 heavy (non-hydrogen) atoms. The van der Waals surface area contributed by atoms with Crippen LogP contribution in [0.4, 0.5) is 5.69 Å². The molecule has 0 saturated carbocycles. The Balaban J connectivity index is 0.000000527. The standard InChI is InChI=1S/C17H19NO3.C2H2O4/c1-19-14-8-13(9-15(11-14)20-2)5-4-12-6-7-17(21-3)16(18)10-12;3-1(4)2(5)6/h4-11H,18H2,1-3H3;(H,3,4)(H,5,6)/b5-4-;. The average molecular weight is 375 g/mol. The van der Waals surface area contributed by atoms with Gasteiger partial charge in [0.25, 0.3) is 0 Å².